The van der Waals surface area contributed by atoms with E-state index in [-0.39, 0.29) is 18.2 Å². The average Bonchev–Trinajstić information content (AvgIpc) is 3.09. The fourth-order valence-electron chi connectivity index (χ4n) is 3.35. The van der Waals surface area contributed by atoms with Gasteiger partial charge in [0.2, 0.25) is 5.91 Å². The minimum atomic E-state index is -0.495. The van der Waals surface area contributed by atoms with E-state index in [4.69, 9.17) is 4.74 Å². The molecule has 1 unspecified atom stereocenters. The molecule has 0 saturated carbocycles. The number of ether oxygens (including phenoxy) is 1. The molecule has 0 N–H and O–H groups in total. The van der Waals surface area contributed by atoms with Crippen LogP contribution >= 0.6 is 0 Å². The Bertz CT molecular complexity index is 908. The van der Waals surface area contributed by atoms with Crippen LogP contribution < -0.4 is 4.74 Å². The van der Waals surface area contributed by atoms with E-state index < -0.39 is 11.9 Å². The van der Waals surface area contributed by atoms with Crippen molar-refractivity contribution in [2.24, 2.45) is 5.92 Å². The lowest BCUT2D eigenvalue weighted by Crippen LogP contribution is -2.29. The summed E-state index contributed by atoms with van der Waals surface area (Å²) in [5.74, 6) is -0.761. The van der Waals surface area contributed by atoms with Crippen molar-refractivity contribution in [2.75, 3.05) is 27.2 Å². The molecule has 1 aliphatic heterocycles. The van der Waals surface area contributed by atoms with Crippen molar-refractivity contribution in [1.82, 2.24) is 9.80 Å². The quantitative estimate of drug-likeness (QED) is 0.558. The topological polar surface area (TPSA) is 66.9 Å². The molecule has 1 heterocycles. The highest BCUT2D eigenvalue weighted by molar-refractivity contribution is 5.94. The monoisotopic (exact) mass is 394 g/mol. The number of esters is 1. The number of rotatable bonds is 6. The molecule has 1 fully saturated rings. The third-order valence-corrected chi connectivity index (χ3v) is 5.11. The van der Waals surface area contributed by atoms with Crippen LogP contribution in [-0.2, 0) is 16.0 Å². The van der Waals surface area contributed by atoms with E-state index in [1.807, 2.05) is 37.3 Å². The number of amides is 2. The number of aryl methyl sites for hydroxylation is 1. The van der Waals surface area contributed by atoms with E-state index >= 15 is 0 Å². The summed E-state index contributed by atoms with van der Waals surface area (Å²) >= 11 is 0. The summed E-state index contributed by atoms with van der Waals surface area (Å²) in [4.78, 5) is 40.3. The van der Waals surface area contributed by atoms with Gasteiger partial charge in [-0.25, -0.2) is 0 Å². The van der Waals surface area contributed by atoms with Crippen LogP contribution in [0.2, 0.25) is 0 Å². The minimum absolute atomic E-state index is 0.0314. The molecule has 0 bridgehead atoms. The summed E-state index contributed by atoms with van der Waals surface area (Å²) in [5, 5.41) is 0. The number of carbonyl (C=O) groups is 3. The average molecular weight is 394 g/mol. The van der Waals surface area contributed by atoms with Crippen molar-refractivity contribution in [3.05, 3.63) is 65.2 Å². The summed E-state index contributed by atoms with van der Waals surface area (Å²) < 4.78 is 5.57. The van der Waals surface area contributed by atoms with Crippen LogP contribution in [0.5, 0.6) is 5.75 Å². The molecule has 152 valence electrons. The predicted octanol–water partition coefficient (Wildman–Crippen LogP) is 2.69. The van der Waals surface area contributed by atoms with Gasteiger partial charge < -0.3 is 14.5 Å². The van der Waals surface area contributed by atoms with Crippen molar-refractivity contribution in [3.8, 4) is 5.75 Å². The summed E-state index contributed by atoms with van der Waals surface area (Å²) in [6, 6.07) is 15.0. The van der Waals surface area contributed by atoms with Gasteiger partial charge in [0, 0.05) is 39.2 Å². The molecule has 0 aliphatic carbocycles. The van der Waals surface area contributed by atoms with Gasteiger partial charge in [0.25, 0.3) is 5.91 Å². The Kier molecular flexibility index (Phi) is 6.32. The summed E-state index contributed by atoms with van der Waals surface area (Å²) in [7, 11) is 3.34. The number of benzene rings is 2. The fraction of sp³-hybridized carbons (Fsp3) is 0.348. The van der Waals surface area contributed by atoms with Gasteiger partial charge in [0.1, 0.15) is 5.75 Å². The maximum atomic E-state index is 12.7. The number of carbonyl (C=O) groups excluding carboxylic acids is 3. The van der Waals surface area contributed by atoms with Crippen LogP contribution in [0.15, 0.2) is 48.5 Å². The zero-order chi connectivity index (χ0) is 21.0. The molecule has 6 heteroatoms. The molecule has 29 heavy (non-hydrogen) atoms. The highest BCUT2D eigenvalue weighted by atomic mass is 16.5. The number of hydrogen-bond donors (Lipinski definition) is 0. The standard InChI is InChI=1S/C23H26N2O4/c1-16-9-10-18(22(27)24(2)3)13-20(16)29-23(28)19-14-21(26)25(15-19)12-11-17-7-5-4-6-8-17/h4-10,13,19H,11-12,14-15H2,1-3H3. The Morgan fingerprint density at radius 3 is 2.55 bits per heavy atom. The van der Waals surface area contributed by atoms with Gasteiger partial charge in [-0.1, -0.05) is 36.4 Å². The lowest BCUT2D eigenvalue weighted by atomic mass is 10.1. The molecular weight excluding hydrogens is 368 g/mol. The maximum Gasteiger partial charge on any atom is 0.316 e. The van der Waals surface area contributed by atoms with Gasteiger partial charge in [-0.3, -0.25) is 14.4 Å². The van der Waals surface area contributed by atoms with Crippen LogP contribution in [0.4, 0.5) is 0 Å². The molecule has 1 aliphatic rings. The minimum Gasteiger partial charge on any atom is -0.426 e. The number of hydrogen-bond acceptors (Lipinski definition) is 4. The predicted molar refractivity (Wildman–Crippen MR) is 110 cm³/mol. The van der Waals surface area contributed by atoms with Crippen molar-refractivity contribution in [1.29, 1.82) is 0 Å². The summed E-state index contributed by atoms with van der Waals surface area (Å²) in [6.07, 6.45) is 0.908. The van der Waals surface area contributed by atoms with Gasteiger partial charge in [-0.2, -0.15) is 0 Å². The molecular formula is C23H26N2O4. The lowest BCUT2D eigenvalue weighted by Gasteiger charge is -2.17. The smallest absolute Gasteiger partial charge is 0.316 e. The largest absolute Gasteiger partial charge is 0.426 e. The normalized spacial score (nSPS) is 16.0. The van der Waals surface area contributed by atoms with Gasteiger partial charge in [-0.15, -0.1) is 0 Å². The first-order chi connectivity index (χ1) is 13.8. The van der Waals surface area contributed by atoms with Gasteiger partial charge in [0.05, 0.1) is 5.92 Å². The van der Waals surface area contributed by atoms with E-state index in [0.717, 1.165) is 17.5 Å². The van der Waals surface area contributed by atoms with Crippen LogP contribution in [-0.4, -0.2) is 54.8 Å². The fourth-order valence-corrected chi connectivity index (χ4v) is 3.35. The van der Waals surface area contributed by atoms with E-state index in [1.165, 1.54) is 4.90 Å². The SMILES string of the molecule is Cc1ccc(C(=O)N(C)C)cc1OC(=O)C1CC(=O)N(CCc2ccccc2)C1. The molecule has 1 saturated heterocycles. The first kappa shape index (κ1) is 20.6. The van der Waals surface area contributed by atoms with Crippen molar-refractivity contribution >= 4 is 17.8 Å². The number of nitrogens with zero attached hydrogens (tertiary/aromatic N) is 2. The van der Waals surface area contributed by atoms with Crippen LogP contribution in [0.25, 0.3) is 0 Å². The van der Waals surface area contributed by atoms with E-state index in [1.54, 1.807) is 37.2 Å². The van der Waals surface area contributed by atoms with E-state index in [9.17, 15) is 14.4 Å². The van der Waals surface area contributed by atoms with Crippen LogP contribution in [0.1, 0.15) is 27.9 Å². The van der Waals surface area contributed by atoms with Gasteiger partial charge in [0.15, 0.2) is 0 Å². The Balaban J connectivity index is 1.62. The molecule has 0 spiro atoms. The van der Waals surface area contributed by atoms with Crippen LogP contribution in [0.3, 0.4) is 0 Å². The second-order valence-corrected chi connectivity index (χ2v) is 7.58. The Labute approximate surface area is 171 Å². The van der Waals surface area contributed by atoms with Crippen LogP contribution in [0, 0.1) is 12.8 Å². The highest BCUT2D eigenvalue weighted by Crippen LogP contribution is 2.25. The molecule has 0 radical (unpaired) electrons. The zero-order valence-electron chi connectivity index (χ0n) is 17.1. The number of likely N-dealkylation sites (tertiary alicyclic amines) is 1. The highest BCUT2D eigenvalue weighted by Gasteiger charge is 2.35. The molecule has 1 atom stereocenters. The van der Waals surface area contributed by atoms with Crippen molar-refractivity contribution < 1.29 is 19.1 Å². The molecule has 2 amide bonds. The molecule has 2 aromatic carbocycles. The Hall–Kier alpha value is -3.15. The molecule has 0 aromatic heterocycles. The Morgan fingerprint density at radius 1 is 1.14 bits per heavy atom. The summed E-state index contributed by atoms with van der Waals surface area (Å²) in [5.41, 5.74) is 2.37. The third kappa shape index (κ3) is 5.02. The second-order valence-electron chi connectivity index (χ2n) is 7.58. The van der Waals surface area contributed by atoms with Gasteiger partial charge >= 0.3 is 5.97 Å². The Morgan fingerprint density at radius 2 is 1.86 bits per heavy atom. The molecule has 6 nitrogen and oxygen atoms in total. The maximum absolute atomic E-state index is 12.7. The first-order valence-corrected chi connectivity index (χ1v) is 9.71. The molecule has 2 aromatic rings. The lowest BCUT2D eigenvalue weighted by molar-refractivity contribution is -0.139. The second kappa shape index (κ2) is 8.90. The first-order valence-electron chi connectivity index (χ1n) is 9.71. The van der Waals surface area contributed by atoms with Crippen molar-refractivity contribution in [3.63, 3.8) is 0 Å². The van der Waals surface area contributed by atoms with Gasteiger partial charge in [-0.05, 0) is 36.6 Å². The van der Waals surface area contributed by atoms with E-state index in [2.05, 4.69) is 0 Å². The third-order valence-electron chi connectivity index (χ3n) is 5.11. The van der Waals surface area contributed by atoms with Crippen molar-refractivity contribution in [2.45, 2.75) is 19.8 Å². The molecule has 3 rings (SSSR count). The summed E-state index contributed by atoms with van der Waals surface area (Å²) in [6.45, 7) is 2.76. The van der Waals surface area contributed by atoms with E-state index in [0.29, 0.717) is 24.4 Å². The zero-order valence-corrected chi connectivity index (χ0v) is 17.1.